The van der Waals surface area contributed by atoms with Crippen LogP contribution in [0, 0.1) is 0 Å². The lowest BCUT2D eigenvalue weighted by atomic mass is 10.2. The van der Waals surface area contributed by atoms with Gasteiger partial charge >= 0.3 is 0 Å². The summed E-state index contributed by atoms with van der Waals surface area (Å²) in [6, 6.07) is 7.58. The predicted molar refractivity (Wildman–Crippen MR) is 68.0 cm³/mol. The van der Waals surface area contributed by atoms with Gasteiger partial charge in [-0.2, -0.15) is 0 Å². The number of hydrogen-bond acceptors (Lipinski definition) is 4. The normalized spacial score (nSPS) is 10.2. The number of nitrogens with one attached hydrogen (secondary N) is 1. The average molecular weight is 248 g/mol. The van der Waals surface area contributed by atoms with Crippen molar-refractivity contribution >= 4 is 12.6 Å². The quantitative estimate of drug-likeness (QED) is 0.648. The van der Waals surface area contributed by atoms with E-state index in [0.29, 0.717) is 5.75 Å². The number of rotatable bonds is 3. The van der Waals surface area contributed by atoms with Crippen LogP contribution < -0.4 is 10.3 Å². The topological polar surface area (TPSA) is 55.0 Å². The van der Waals surface area contributed by atoms with Crippen LogP contribution in [0.2, 0.25) is 0 Å². The molecular formula is C12H12N2O2S. The van der Waals surface area contributed by atoms with Crippen molar-refractivity contribution in [3.63, 3.8) is 0 Å². The smallest absolute Gasteiger partial charge is 0.294 e. The third-order valence-corrected chi connectivity index (χ3v) is 2.54. The summed E-state index contributed by atoms with van der Waals surface area (Å²) in [6.45, 7) is 2.08. The summed E-state index contributed by atoms with van der Waals surface area (Å²) in [7, 11) is 0. The maximum absolute atomic E-state index is 11.5. The molecule has 0 unspecified atom stereocenters. The van der Waals surface area contributed by atoms with Crippen molar-refractivity contribution in [3.8, 4) is 11.5 Å². The van der Waals surface area contributed by atoms with Crippen molar-refractivity contribution < 1.29 is 4.74 Å². The first-order valence-corrected chi connectivity index (χ1v) is 5.69. The van der Waals surface area contributed by atoms with Crippen molar-refractivity contribution in [2.75, 3.05) is 0 Å². The molecule has 2 aromatic rings. The van der Waals surface area contributed by atoms with Crippen LogP contribution in [0.15, 0.2) is 40.4 Å². The highest BCUT2D eigenvalue weighted by Crippen LogP contribution is 2.18. The van der Waals surface area contributed by atoms with Gasteiger partial charge in [0.15, 0.2) is 5.16 Å². The summed E-state index contributed by atoms with van der Waals surface area (Å²) in [6.07, 6.45) is 2.33. The maximum Gasteiger partial charge on any atom is 0.294 e. The van der Waals surface area contributed by atoms with Gasteiger partial charge in [0.2, 0.25) is 5.75 Å². The number of aryl methyl sites for hydroxylation is 1. The van der Waals surface area contributed by atoms with Gasteiger partial charge in [-0.1, -0.05) is 19.1 Å². The molecule has 0 amide bonds. The first-order chi connectivity index (χ1) is 8.19. The van der Waals surface area contributed by atoms with Crippen LogP contribution >= 0.6 is 12.6 Å². The lowest BCUT2D eigenvalue weighted by Gasteiger charge is -2.05. The Morgan fingerprint density at radius 1 is 1.35 bits per heavy atom. The Morgan fingerprint density at radius 3 is 2.65 bits per heavy atom. The molecule has 0 radical (unpaired) electrons. The summed E-state index contributed by atoms with van der Waals surface area (Å²) >= 11 is 3.93. The van der Waals surface area contributed by atoms with E-state index in [4.69, 9.17) is 4.74 Å². The lowest BCUT2D eigenvalue weighted by molar-refractivity contribution is 0.469. The zero-order chi connectivity index (χ0) is 12.3. The highest BCUT2D eigenvalue weighted by Gasteiger charge is 2.03. The predicted octanol–water partition coefficient (Wildman–Crippen LogP) is 2.41. The average Bonchev–Trinajstić information content (AvgIpc) is 2.34. The van der Waals surface area contributed by atoms with Gasteiger partial charge in [-0.05, 0) is 24.1 Å². The van der Waals surface area contributed by atoms with Crippen LogP contribution in [0.25, 0.3) is 0 Å². The largest absolute Gasteiger partial charge is 0.450 e. The first kappa shape index (κ1) is 11.7. The van der Waals surface area contributed by atoms with Gasteiger partial charge in [0.25, 0.3) is 5.56 Å². The van der Waals surface area contributed by atoms with Crippen molar-refractivity contribution in [2.24, 2.45) is 0 Å². The summed E-state index contributed by atoms with van der Waals surface area (Å²) in [5.74, 6) is 0.772. The molecule has 0 saturated carbocycles. The molecule has 1 aromatic heterocycles. The Balaban J connectivity index is 2.22. The molecule has 0 saturated heterocycles. The zero-order valence-corrected chi connectivity index (χ0v) is 10.2. The standard InChI is InChI=1S/C12H12N2O2S/c1-2-8-3-5-9(6-4-8)16-10-7-13-12(17)14-11(10)15/h3-7H,2H2,1H3,(H2,13,14,15,17). The minimum Gasteiger partial charge on any atom is -0.450 e. The first-order valence-electron chi connectivity index (χ1n) is 5.24. The monoisotopic (exact) mass is 248 g/mol. The molecular weight excluding hydrogens is 236 g/mol. The Morgan fingerprint density at radius 2 is 2.06 bits per heavy atom. The molecule has 0 fully saturated rings. The van der Waals surface area contributed by atoms with Gasteiger partial charge in [-0.25, -0.2) is 4.98 Å². The SMILES string of the molecule is CCc1ccc(Oc2cnc(S)[nH]c2=O)cc1. The van der Waals surface area contributed by atoms with Crippen molar-refractivity contribution in [2.45, 2.75) is 18.5 Å². The van der Waals surface area contributed by atoms with E-state index in [1.54, 1.807) is 0 Å². The number of nitrogens with zero attached hydrogens (tertiary/aromatic N) is 1. The highest BCUT2D eigenvalue weighted by atomic mass is 32.1. The fourth-order valence-electron chi connectivity index (χ4n) is 1.37. The fraction of sp³-hybridized carbons (Fsp3) is 0.167. The van der Waals surface area contributed by atoms with E-state index in [1.165, 1.54) is 11.8 Å². The third kappa shape index (κ3) is 2.88. The molecule has 0 aliphatic heterocycles. The van der Waals surface area contributed by atoms with Gasteiger partial charge in [-0.3, -0.25) is 9.78 Å². The third-order valence-electron chi connectivity index (χ3n) is 2.31. The van der Waals surface area contributed by atoms with E-state index in [2.05, 4.69) is 29.5 Å². The molecule has 1 aromatic carbocycles. The van der Waals surface area contributed by atoms with E-state index in [0.717, 1.165) is 6.42 Å². The van der Waals surface area contributed by atoms with Crippen LogP contribution in [0.3, 0.4) is 0 Å². The molecule has 88 valence electrons. The number of benzene rings is 1. The van der Waals surface area contributed by atoms with Gasteiger partial charge < -0.3 is 4.74 Å². The molecule has 0 aliphatic rings. The second-order valence-electron chi connectivity index (χ2n) is 3.50. The number of ether oxygens (including phenoxy) is 1. The number of thiol groups is 1. The summed E-state index contributed by atoms with van der Waals surface area (Å²) in [5.41, 5.74) is 0.875. The highest BCUT2D eigenvalue weighted by molar-refractivity contribution is 7.80. The molecule has 1 N–H and O–H groups in total. The van der Waals surface area contributed by atoms with Crippen LogP contribution in [-0.2, 0) is 6.42 Å². The second kappa shape index (κ2) is 5.05. The van der Waals surface area contributed by atoms with E-state index in [-0.39, 0.29) is 16.5 Å². The molecule has 0 spiro atoms. The number of H-pyrrole nitrogens is 1. The van der Waals surface area contributed by atoms with Crippen LogP contribution in [0.1, 0.15) is 12.5 Å². The minimum absolute atomic E-state index is 0.159. The zero-order valence-electron chi connectivity index (χ0n) is 9.30. The van der Waals surface area contributed by atoms with Crippen LogP contribution in [0.5, 0.6) is 11.5 Å². The summed E-state index contributed by atoms with van der Waals surface area (Å²) in [4.78, 5) is 17.8. The summed E-state index contributed by atoms with van der Waals surface area (Å²) < 4.78 is 5.42. The maximum atomic E-state index is 11.5. The summed E-state index contributed by atoms with van der Waals surface area (Å²) in [5, 5.41) is 0.267. The van der Waals surface area contributed by atoms with Gasteiger partial charge in [0, 0.05) is 0 Å². The minimum atomic E-state index is -0.343. The molecule has 5 heteroatoms. The van der Waals surface area contributed by atoms with Crippen molar-refractivity contribution in [1.29, 1.82) is 0 Å². The molecule has 4 nitrogen and oxygen atoms in total. The van der Waals surface area contributed by atoms with E-state index in [9.17, 15) is 4.79 Å². The molecule has 17 heavy (non-hydrogen) atoms. The fourth-order valence-corrected chi connectivity index (χ4v) is 1.53. The molecule has 2 rings (SSSR count). The van der Waals surface area contributed by atoms with Gasteiger partial charge in [0.1, 0.15) is 5.75 Å². The molecule has 0 atom stereocenters. The van der Waals surface area contributed by atoms with Crippen LogP contribution in [-0.4, -0.2) is 9.97 Å². The van der Waals surface area contributed by atoms with Crippen molar-refractivity contribution in [3.05, 3.63) is 46.4 Å². The van der Waals surface area contributed by atoms with E-state index >= 15 is 0 Å². The molecule has 0 bridgehead atoms. The van der Waals surface area contributed by atoms with Gasteiger partial charge in [0.05, 0.1) is 6.20 Å². The Kier molecular flexibility index (Phi) is 3.49. The Bertz CT molecular complexity index is 563. The second-order valence-corrected chi connectivity index (χ2v) is 3.92. The number of aromatic amines is 1. The van der Waals surface area contributed by atoms with Crippen LogP contribution in [0.4, 0.5) is 0 Å². The molecule has 1 heterocycles. The molecule has 0 aliphatic carbocycles. The van der Waals surface area contributed by atoms with Crippen molar-refractivity contribution in [1.82, 2.24) is 9.97 Å². The Hall–Kier alpha value is -1.75. The van der Waals surface area contributed by atoms with E-state index < -0.39 is 0 Å². The number of aromatic nitrogens is 2. The lowest BCUT2D eigenvalue weighted by Crippen LogP contribution is -2.09. The van der Waals surface area contributed by atoms with E-state index in [1.807, 2.05) is 24.3 Å². The Labute approximate surface area is 104 Å². The van der Waals surface area contributed by atoms with Gasteiger partial charge in [-0.15, -0.1) is 12.6 Å². The number of hydrogen-bond donors (Lipinski definition) is 2.